The molecule has 160 valence electrons. The maximum atomic E-state index is 11.7. The lowest BCUT2D eigenvalue weighted by atomic mass is 10.2. The van der Waals surface area contributed by atoms with Crippen LogP contribution in [0, 0.1) is 6.92 Å². The fourth-order valence-electron chi connectivity index (χ4n) is 3.99. The van der Waals surface area contributed by atoms with Gasteiger partial charge in [0.15, 0.2) is 5.65 Å². The summed E-state index contributed by atoms with van der Waals surface area (Å²) in [5.41, 5.74) is 3.84. The molecule has 0 aliphatic carbocycles. The van der Waals surface area contributed by atoms with Gasteiger partial charge in [0.05, 0.1) is 53.8 Å². The normalized spacial score (nSPS) is 16.9. The number of fused-ring (bicyclic) bond motifs is 1. The highest BCUT2D eigenvalue weighted by atomic mass is 16.5. The summed E-state index contributed by atoms with van der Waals surface area (Å²) in [6, 6.07) is 5.78. The molecule has 5 heterocycles. The molecule has 0 bridgehead atoms. The Morgan fingerprint density at radius 3 is 2.77 bits per heavy atom. The lowest BCUT2D eigenvalue weighted by molar-refractivity contribution is 0.0985. The number of ether oxygens (including phenoxy) is 1. The average molecular weight is 422 g/mol. The zero-order chi connectivity index (χ0) is 21.7. The van der Waals surface area contributed by atoms with Gasteiger partial charge in [-0.2, -0.15) is 20.0 Å². The lowest BCUT2D eigenvalue weighted by Crippen LogP contribution is -2.44. The Kier molecular flexibility index (Phi) is 4.47. The number of carbonyl (C=O) groups is 1. The highest BCUT2D eigenvalue weighted by Gasteiger charge is 2.25. The van der Waals surface area contributed by atoms with Crippen LogP contribution in [0.5, 0.6) is 0 Å². The monoisotopic (exact) mass is 422 g/mol. The maximum absolute atomic E-state index is 11.7. The molecule has 1 atom stereocenters. The fourth-order valence-corrected chi connectivity index (χ4v) is 3.99. The highest BCUT2D eigenvalue weighted by molar-refractivity contribution is 5.83. The number of anilines is 1. The van der Waals surface area contributed by atoms with Crippen molar-refractivity contribution in [3.63, 3.8) is 0 Å². The summed E-state index contributed by atoms with van der Waals surface area (Å²) in [6.07, 6.45) is 2.20. The van der Waals surface area contributed by atoms with E-state index in [1.165, 1.54) is 0 Å². The molecule has 4 aromatic rings. The molecule has 1 N–H and O–H groups in total. The smallest absolute Gasteiger partial charge is 0.432 e. The summed E-state index contributed by atoms with van der Waals surface area (Å²) < 4.78 is 10.0. The number of carboxylic acid groups (broad SMARTS) is 1. The molecule has 1 aliphatic rings. The molecular formula is C20H22N8O3. The van der Waals surface area contributed by atoms with Crippen LogP contribution in [-0.4, -0.2) is 71.2 Å². The highest BCUT2D eigenvalue weighted by Crippen LogP contribution is 2.31. The summed E-state index contributed by atoms with van der Waals surface area (Å²) in [6.45, 7) is 5.80. The van der Waals surface area contributed by atoms with Crippen LogP contribution in [0.3, 0.4) is 0 Å². The van der Waals surface area contributed by atoms with Gasteiger partial charge in [0.25, 0.3) is 0 Å². The van der Waals surface area contributed by atoms with Crippen molar-refractivity contribution in [2.75, 3.05) is 24.7 Å². The molecule has 0 spiro atoms. The van der Waals surface area contributed by atoms with Crippen LogP contribution in [0.15, 0.2) is 30.6 Å². The third-order valence-corrected chi connectivity index (χ3v) is 5.49. The van der Waals surface area contributed by atoms with Crippen LogP contribution in [-0.2, 0) is 11.8 Å². The van der Waals surface area contributed by atoms with Gasteiger partial charge in [-0.05, 0) is 26.0 Å². The van der Waals surface area contributed by atoms with Crippen LogP contribution in [0.1, 0.15) is 12.6 Å². The number of aryl methyl sites for hydroxylation is 2. The van der Waals surface area contributed by atoms with Gasteiger partial charge in [-0.1, -0.05) is 0 Å². The standard InChI is InChI=1S/C20H22N8O3/c1-12-8-16(28(24-12)20(29)30)14-10-22-27-17(15-4-5-21-25(15)3)9-18(23-19(14)27)26-6-7-31-11-13(26)2/h4-5,8-10,13H,6-7,11H2,1-3H3,(H,29,30)/t13-/m1/s1. The minimum atomic E-state index is -1.16. The molecule has 0 amide bonds. The third kappa shape index (κ3) is 3.13. The van der Waals surface area contributed by atoms with E-state index in [0.717, 1.165) is 21.9 Å². The van der Waals surface area contributed by atoms with Crippen molar-refractivity contribution in [3.05, 3.63) is 36.3 Å². The number of hydrogen-bond acceptors (Lipinski definition) is 7. The maximum Gasteiger partial charge on any atom is 0.432 e. The predicted octanol–water partition coefficient (Wildman–Crippen LogP) is 2.05. The molecule has 1 aliphatic heterocycles. The van der Waals surface area contributed by atoms with Crippen molar-refractivity contribution >= 4 is 17.6 Å². The van der Waals surface area contributed by atoms with E-state index in [1.54, 1.807) is 34.6 Å². The molecular weight excluding hydrogens is 400 g/mol. The van der Waals surface area contributed by atoms with Crippen molar-refractivity contribution in [2.24, 2.45) is 7.05 Å². The molecule has 5 rings (SSSR count). The molecule has 31 heavy (non-hydrogen) atoms. The molecule has 1 fully saturated rings. The Labute approximate surface area is 177 Å². The number of aromatic nitrogens is 7. The summed E-state index contributed by atoms with van der Waals surface area (Å²) >= 11 is 0. The molecule has 1 saturated heterocycles. The van der Waals surface area contributed by atoms with E-state index in [1.807, 2.05) is 19.2 Å². The number of rotatable bonds is 3. The van der Waals surface area contributed by atoms with E-state index in [9.17, 15) is 9.90 Å². The SMILES string of the molecule is Cc1cc(-c2cnn3c(-c4ccnn4C)cc(N4CCOC[C@H]4C)nc23)n(C(=O)O)n1. The van der Waals surface area contributed by atoms with Gasteiger partial charge >= 0.3 is 6.09 Å². The zero-order valence-electron chi connectivity index (χ0n) is 17.4. The number of morpholine rings is 1. The van der Waals surface area contributed by atoms with Crippen LogP contribution >= 0.6 is 0 Å². The van der Waals surface area contributed by atoms with Crippen LogP contribution < -0.4 is 4.90 Å². The van der Waals surface area contributed by atoms with E-state index < -0.39 is 6.09 Å². The molecule has 11 heteroatoms. The number of nitrogens with zero attached hydrogens (tertiary/aromatic N) is 8. The van der Waals surface area contributed by atoms with Gasteiger partial charge in [0, 0.05) is 25.9 Å². The van der Waals surface area contributed by atoms with Gasteiger partial charge in [-0.25, -0.2) is 14.3 Å². The second kappa shape index (κ2) is 7.20. The summed E-state index contributed by atoms with van der Waals surface area (Å²) in [5.74, 6) is 0.777. The first-order valence-corrected chi connectivity index (χ1v) is 9.96. The Morgan fingerprint density at radius 1 is 1.23 bits per heavy atom. The quantitative estimate of drug-likeness (QED) is 0.533. The predicted molar refractivity (Wildman–Crippen MR) is 112 cm³/mol. The Morgan fingerprint density at radius 2 is 2.06 bits per heavy atom. The van der Waals surface area contributed by atoms with Gasteiger partial charge < -0.3 is 14.7 Å². The molecule has 0 aromatic carbocycles. The number of hydrogen-bond donors (Lipinski definition) is 1. The van der Waals surface area contributed by atoms with E-state index in [-0.39, 0.29) is 6.04 Å². The topological polar surface area (TPSA) is 116 Å². The first-order chi connectivity index (χ1) is 14.9. The van der Waals surface area contributed by atoms with E-state index in [4.69, 9.17) is 9.72 Å². The molecule has 0 unspecified atom stereocenters. The first-order valence-electron chi connectivity index (χ1n) is 9.96. The van der Waals surface area contributed by atoms with Crippen molar-refractivity contribution in [3.8, 4) is 22.6 Å². The Bertz CT molecular complexity index is 1290. The molecule has 11 nitrogen and oxygen atoms in total. The summed E-state index contributed by atoms with van der Waals surface area (Å²) in [4.78, 5) is 18.8. The summed E-state index contributed by atoms with van der Waals surface area (Å²) in [7, 11) is 1.87. The molecule has 0 radical (unpaired) electrons. The second-order valence-electron chi connectivity index (χ2n) is 7.62. The fraction of sp³-hybridized carbons (Fsp3) is 0.350. The Balaban J connectivity index is 1.78. The van der Waals surface area contributed by atoms with Gasteiger partial charge in [0.2, 0.25) is 0 Å². The van der Waals surface area contributed by atoms with Crippen LogP contribution in [0.25, 0.3) is 28.3 Å². The van der Waals surface area contributed by atoms with Gasteiger partial charge in [-0.3, -0.25) is 4.68 Å². The van der Waals surface area contributed by atoms with E-state index in [0.29, 0.717) is 42.4 Å². The minimum Gasteiger partial charge on any atom is -0.463 e. The molecule has 0 saturated carbocycles. The first kappa shape index (κ1) is 19.2. The van der Waals surface area contributed by atoms with Gasteiger partial charge in [0.1, 0.15) is 5.82 Å². The lowest BCUT2D eigenvalue weighted by Gasteiger charge is -2.34. The van der Waals surface area contributed by atoms with Crippen LogP contribution in [0.4, 0.5) is 10.6 Å². The largest absolute Gasteiger partial charge is 0.463 e. The summed E-state index contributed by atoms with van der Waals surface area (Å²) in [5, 5.41) is 22.5. The minimum absolute atomic E-state index is 0.154. The van der Waals surface area contributed by atoms with E-state index >= 15 is 0 Å². The van der Waals surface area contributed by atoms with E-state index in [2.05, 4.69) is 27.1 Å². The van der Waals surface area contributed by atoms with Crippen molar-refractivity contribution < 1.29 is 14.6 Å². The molecule has 4 aromatic heterocycles. The Hall–Kier alpha value is -3.73. The van der Waals surface area contributed by atoms with Crippen molar-refractivity contribution in [1.29, 1.82) is 0 Å². The van der Waals surface area contributed by atoms with Crippen LogP contribution in [0.2, 0.25) is 0 Å². The second-order valence-corrected chi connectivity index (χ2v) is 7.62. The zero-order valence-corrected chi connectivity index (χ0v) is 17.4. The third-order valence-electron chi connectivity index (χ3n) is 5.49. The van der Waals surface area contributed by atoms with Crippen molar-refractivity contribution in [2.45, 2.75) is 19.9 Å². The van der Waals surface area contributed by atoms with Crippen molar-refractivity contribution in [1.82, 2.24) is 34.2 Å². The average Bonchev–Trinajstić information content (AvgIpc) is 3.45. The van der Waals surface area contributed by atoms with Gasteiger partial charge in [-0.15, -0.1) is 0 Å².